The highest BCUT2D eigenvalue weighted by Crippen LogP contribution is 2.38. The van der Waals surface area contributed by atoms with Crippen molar-refractivity contribution in [3.8, 4) is 17.2 Å². The van der Waals surface area contributed by atoms with Crippen LogP contribution in [0.1, 0.15) is 5.56 Å². The average molecular weight is 225 g/mol. The van der Waals surface area contributed by atoms with Crippen LogP contribution in [0.3, 0.4) is 0 Å². The van der Waals surface area contributed by atoms with Crippen molar-refractivity contribution in [1.82, 2.24) is 0 Å². The molecule has 1 aromatic rings. The van der Waals surface area contributed by atoms with Crippen LogP contribution in [-0.4, -0.2) is 26.7 Å². The van der Waals surface area contributed by atoms with Gasteiger partial charge in [0, 0.05) is 0 Å². The second-order valence-electron chi connectivity index (χ2n) is 3.25. The van der Waals surface area contributed by atoms with E-state index in [1.165, 1.54) is 14.2 Å². The van der Waals surface area contributed by atoms with Crippen molar-refractivity contribution in [1.29, 1.82) is 0 Å². The molecule has 0 aromatic heterocycles. The van der Waals surface area contributed by atoms with Gasteiger partial charge in [-0.25, -0.2) is 0 Å². The molecule has 1 aromatic carbocycles. The van der Waals surface area contributed by atoms with Crippen LogP contribution >= 0.6 is 0 Å². The lowest BCUT2D eigenvalue weighted by atomic mass is 10.2. The van der Waals surface area contributed by atoms with Gasteiger partial charge in [-0.05, 0) is 24.6 Å². The van der Waals surface area contributed by atoms with E-state index in [0.29, 0.717) is 17.2 Å². The predicted octanol–water partition coefficient (Wildman–Crippen LogP) is 0.876. The molecule has 0 aliphatic heterocycles. The fourth-order valence-corrected chi connectivity index (χ4v) is 1.30. The van der Waals surface area contributed by atoms with Gasteiger partial charge in [0.25, 0.3) is 5.91 Å². The first-order valence-electron chi connectivity index (χ1n) is 4.72. The Morgan fingerprint density at radius 2 is 1.75 bits per heavy atom. The Kier molecular flexibility index (Phi) is 3.99. The minimum absolute atomic E-state index is 0.213. The SMILES string of the molecule is COc1cc(C)cc(OC)c1OCC(N)=O. The van der Waals surface area contributed by atoms with Gasteiger partial charge in [-0.2, -0.15) is 0 Å². The third-order valence-corrected chi connectivity index (χ3v) is 1.96. The van der Waals surface area contributed by atoms with E-state index < -0.39 is 5.91 Å². The molecule has 2 N–H and O–H groups in total. The van der Waals surface area contributed by atoms with Crippen LogP contribution in [0.4, 0.5) is 0 Å². The Hall–Kier alpha value is -1.91. The van der Waals surface area contributed by atoms with E-state index >= 15 is 0 Å². The monoisotopic (exact) mass is 225 g/mol. The van der Waals surface area contributed by atoms with Gasteiger partial charge in [0.05, 0.1) is 14.2 Å². The molecule has 0 fully saturated rings. The number of amides is 1. The lowest BCUT2D eigenvalue weighted by Gasteiger charge is -2.14. The van der Waals surface area contributed by atoms with E-state index in [1.807, 2.05) is 6.92 Å². The highest BCUT2D eigenvalue weighted by atomic mass is 16.5. The van der Waals surface area contributed by atoms with Gasteiger partial charge >= 0.3 is 0 Å². The zero-order valence-corrected chi connectivity index (χ0v) is 9.57. The van der Waals surface area contributed by atoms with Gasteiger partial charge in [0.15, 0.2) is 18.1 Å². The summed E-state index contributed by atoms with van der Waals surface area (Å²) in [5.74, 6) is 0.857. The topological polar surface area (TPSA) is 70.8 Å². The second kappa shape index (κ2) is 5.25. The summed E-state index contributed by atoms with van der Waals surface area (Å²) < 4.78 is 15.5. The minimum atomic E-state index is -0.551. The van der Waals surface area contributed by atoms with Gasteiger partial charge < -0.3 is 19.9 Å². The molecule has 0 spiro atoms. The Morgan fingerprint density at radius 1 is 1.25 bits per heavy atom. The number of ether oxygens (including phenoxy) is 3. The number of nitrogens with two attached hydrogens (primary N) is 1. The number of rotatable bonds is 5. The maximum Gasteiger partial charge on any atom is 0.255 e. The molecule has 0 atom stereocenters. The van der Waals surface area contributed by atoms with Gasteiger partial charge in [0.2, 0.25) is 5.75 Å². The van der Waals surface area contributed by atoms with Crippen LogP contribution in [0.2, 0.25) is 0 Å². The van der Waals surface area contributed by atoms with Crippen molar-refractivity contribution in [2.75, 3.05) is 20.8 Å². The summed E-state index contributed by atoms with van der Waals surface area (Å²) in [4.78, 5) is 10.7. The molecule has 1 rings (SSSR count). The molecular weight excluding hydrogens is 210 g/mol. The Labute approximate surface area is 94.1 Å². The first-order chi connectivity index (χ1) is 7.58. The lowest BCUT2D eigenvalue weighted by molar-refractivity contribution is -0.119. The standard InChI is InChI=1S/C11H15NO4/c1-7-4-8(14-2)11(9(5-7)15-3)16-6-10(12)13/h4-5H,6H2,1-3H3,(H2,12,13). The second-order valence-corrected chi connectivity index (χ2v) is 3.25. The number of carbonyl (C=O) groups excluding carboxylic acids is 1. The Morgan fingerprint density at radius 3 is 2.12 bits per heavy atom. The van der Waals surface area contributed by atoms with E-state index in [0.717, 1.165) is 5.56 Å². The Bertz CT molecular complexity index is 365. The van der Waals surface area contributed by atoms with Crippen LogP contribution in [-0.2, 0) is 4.79 Å². The molecule has 0 radical (unpaired) electrons. The third-order valence-electron chi connectivity index (χ3n) is 1.96. The fourth-order valence-electron chi connectivity index (χ4n) is 1.30. The first kappa shape index (κ1) is 12.2. The summed E-state index contributed by atoms with van der Waals surface area (Å²) in [7, 11) is 3.04. The number of benzene rings is 1. The number of methoxy groups -OCH3 is 2. The summed E-state index contributed by atoms with van der Waals surface area (Å²) >= 11 is 0. The fraction of sp³-hybridized carbons (Fsp3) is 0.364. The molecule has 0 bridgehead atoms. The van der Waals surface area contributed by atoms with Crippen LogP contribution in [0.25, 0.3) is 0 Å². The molecule has 16 heavy (non-hydrogen) atoms. The number of carbonyl (C=O) groups is 1. The number of primary amides is 1. The molecule has 5 heteroatoms. The number of aryl methyl sites for hydroxylation is 1. The molecule has 0 heterocycles. The molecule has 0 unspecified atom stereocenters. The van der Waals surface area contributed by atoms with Gasteiger partial charge in [-0.1, -0.05) is 0 Å². The molecule has 0 aliphatic carbocycles. The number of hydrogen-bond donors (Lipinski definition) is 1. The minimum Gasteiger partial charge on any atom is -0.493 e. The van der Waals surface area contributed by atoms with E-state index in [9.17, 15) is 4.79 Å². The molecule has 5 nitrogen and oxygen atoms in total. The third kappa shape index (κ3) is 2.79. The summed E-state index contributed by atoms with van der Waals surface area (Å²) in [6.07, 6.45) is 0. The van der Waals surface area contributed by atoms with Crippen LogP contribution in [0.5, 0.6) is 17.2 Å². The van der Waals surface area contributed by atoms with E-state index in [-0.39, 0.29) is 6.61 Å². The van der Waals surface area contributed by atoms with E-state index in [1.54, 1.807) is 12.1 Å². The van der Waals surface area contributed by atoms with Gasteiger partial charge in [-0.15, -0.1) is 0 Å². The van der Waals surface area contributed by atoms with Gasteiger partial charge in [-0.3, -0.25) is 4.79 Å². The van der Waals surface area contributed by atoms with Crippen molar-refractivity contribution in [2.24, 2.45) is 5.73 Å². The zero-order valence-electron chi connectivity index (χ0n) is 9.57. The summed E-state index contributed by atoms with van der Waals surface area (Å²) in [5, 5.41) is 0. The highest BCUT2D eigenvalue weighted by molar-refractivity contribution is 5.75. The summed E-state index contributed by atoms with van der Waals surface area (Å²) in [6.45, 7) is 1.69. The van der Waals surface area contributed by atoms with Crippen LogP contribution in [0, 0.1) is 6.92 Å². The molecule has 88 valence electrons. The summed E-state index contributed by atoms with van der Waals surface area (Å²) in [5.41, 5.74) is 5.98. The van der Waals surface area contributed by atoms with Crippen molar-refractivity contribution in [3.05, 3.63) is 17.7 Å². The van der Waals surface area contributed by atoms with Crippen LogP contribution < -0.4 is 19.9 Å². The van der Waals surface area contributed by atoms with Crippen molar-refractivity contribution in [2.45, 2.75) is 6.92 Å². The van der Waals surface area contributed by atoms with E-state index in [4.69, 9.17) is 19.9 Å². The Balaban J connectivity index is 3.06. The highest BCUT2D eigenvalue weighted by Gasteiger charge is 2.13. The maximum absolute atomic E-state index is 10.7. The van der Waals surface area contributed by atoms with Crippen molar-refractivity contribution in [3.63, 3.8) is 0 Å². The molecular formula is C11H15NO4. The average Bonchev–Trinajstić information content (AvgIpc) is 2.25. The smallest absolute Gasteiger partial charge is 0.255 e. The lowest BCUT2D eigenvalue weighted by Crippen LogP contribution is -2.20. The zero-order chi connectivity index (χ0) is 12.1. The molecule has 0 saturated heterocycles. The molecule has 0 saturated carbocycles. The van der Waals surface area contributed by atoms with Crippen LogP contribution in [0.15, 0.2) is 12.1 Å². The van der Waals surface area contributed by atoms with E-state index in [2.05, 4.69) is 0 Å². The van der Waals surface area contributed by atoms with Gasteiger partial charge in [0.1, 0.15) is 0 Å². The maximum atomic E-state index is 10.7. The largest absolute Gasteiger partial charge is 0.493 e. The molecule has 0 aliphatic rings. The van der Waals surface area contributed by atoms with Crippen molar-refractivity contribution < 1.29 is 19.0 Å². The summed E-state index contributed by atoms with van der Waals surface area (Å²) in [6, 6.07) is 3.58. The van der Waals surface area contributed by atoms with Crippen molar-refractivity contribution >= 4 is 5.91 Å². The predicted molar refractivity (Wildman–Crippen MR) is 59.0 cm³/mol. The quantitative estimate of drug-likeness (QED) is 0.807. The molecule has 1 amide bonds. The normalized spacial score (nSPS) is 9.69. The first-order valence-corrected chi connectivity index (χ1v) is 4.72. The number of hydrogen-bond acceptors (Lipinski definition) is 4.